The lowest BCUT2D eigenvalue weighted by molar-refractivity contribution is 0.392. The van der Waals surface area contributed by atoms with Crippen LogP contribution < -0.4 is 0 Å². The lowest BCUT2D eigenvalue weighted by Crippen LogP contribution is -2.09. The second-order valence-electron chi connectivity index (χ2n) is 4.26. The summed E-state index contributed by atoms with van der Waals surface area (Å²) in [4.78, 5) is 0. The zero-order valence-corrected chi connectivity index (χ0v) is 11.2. The highest BCUT2D eigenvalue weighted by atomic mass is 32.2. The van der Waals surface area contributed by atoms with Crippen molar-refractivity contribution >= 4 is 9.84 Å². The molecule has 2 heterocycles. The van der Waals surface area contributed by atoms with Crippen LogP contribution in [0.15, 0.2) is 15.1 Å². The minimum absolute atomic E-state index is 0.0971. The molecular weight excluding hydrogens is 256 g/mol. The Hall–Kier alpha value is -1.63. The van der Waals surface area contributed by atoms with Crippen molar-refractivity contribution in [1.29, 1.82) is 0 Å². The maximum absolute atomic E-state index is 12.0. The highest BCUT2D eigenvalue weighted by Gasteiger charge is 2.20. The molecule has 18 heavy (non-hydrogen) atoms. The summed E-state index contributed by atoms with van der Waals surface area (Å²) in [5.41, 5.74) is 1.64. The van der Waals surface area contributed by atoms with Gasteiger partial charge in [-0.05, 0) is 20.8 Å². The van der Waals surface area contributed by atoms with Gasteiger partial charge in [0.05, 0.1) is 22.9 Å². The number of aromatic nitrogens is 2. The first-order valence-corrected chi connectivity index (χ1v) is 7.24. The van der Waals surface area contributed by atoms with Crippen LogP contribution in [0.4, 0.5) is 0 Å². The van der Waals surface area contributed by atoms with E-state index in [1.807, 2.05) is 0 Å². The predicted octanol–water partition coefficient (Wildman–Crippen LogP) is 1.70. The van der Waals surface area contributed by atoms with Crippen LogP contribution in [-0.4, -0.2) is 18.7 Å². The third-order valence-electron chi connectivity index (χ3n) is 2.59. The van der Waals surface area contributed by atoms with Crippen molar-refractivity contribution in [2.24, 2.45) is 0 Å². The lowest BCUT2D eigenvalue weighted by Gasteiger charge is -2.01. The molecule has 0 aliphatic heterocycles. The highest BCUT2D eigenvalue weighted by Crippen LogP contribution is 2.18. The van der Waals surface area contributed by atoms with E-state index >= 15 is 0 Å². The Morgan fingerprint density at radius 1 is 1.11 bits per heavy atom. The topological polar surface area (TPSA) is 86.2 Å². The van der Waals surface area contributed by atoms with E-state index in [0.29, 0.717) is 28.5 Å². The van der Waals surface area contributed by atoms with E-state index in [4.69, 9.17) is 9.05 Å². The first-order chi connectivity index (χ1) is 8.37. The monoisotopic (exact) mass is 270 g/mol. The van der Waals surface area contributed by atoms with Gasteiger partial charge in [0.1, 0.15) is 11.5 Å². The van der Waals surface area contributed by atoms with E-state index < -0.39 is 9.84 Å². The molecule has 0 fully saturated rings. The van der Waals surface area contributed by atoms with E-state index in [1.165, 1.54) is 0 Å². The van der Waals surface area contributed by atoms with Gasteiger partial charge in [0.15, 0.2) is 9.84 Å². The van der Waals surface area contributed by atoms with Crippen LogP contribution in [-0.2, 0) is 21.3 Å². The maximum Gasteiger partial charge on any atom is 0.160 e. The number of hydrogen-bond donors (Lipinski definition) is 0. The Kier molecular flexibility index (Phi) is 3.25. The Morgan fingerprint density at radius 2 is 1.83 bits per heavy atom. The maximum atomic E-state index is 12.0. The van der Waals surface area contributed by atoms with Gasteiger partial charge in [0.25, 0.3) is 0 Å². The number of hydrogen-bond acceptors (Lipinski definition) is 6. The molecule has 7 heteroatoms. The fourth-order valence-electron chi connectivity index (χ4n) is 1.69. The zero-order chi connectivity index (χ0) is 13.3. The summed E-state index contributed by atoms with van der Waals surface area (Å²) in [5, 5.41) is 7.42. The molecule has 0 saturated carbocycles. The molecule has 0 unspecified atom stereocenters. The van der Waals surface area contributed by atoms with Gasteiger partial charge in [-0.3, -0.25) is 0 Å². The van der Waals surface area contributed by atoms with Crippen molar-refractivity contribution in [3.63, 3.8) is 0 Å². The summed E-state index contributed by atoms with van der Waals surface area (Å²) in [5.74, 6) is 0.888. The molecule has 0 atom stereocenters. The SMILES string of the molecule is Cc1cc(CS(=O)(=O)Cc2c(C)noc2C)no1. The van der Waals surface area contributed by atoms with E-state index in [0.717, 1.165) is 0 Å². The molecule has 0 bridgehead atoms. The molecule has 2 aromatic rings. The molecule has 0 amide bonds. The molecule has 0 aliphatic carbocycles. The summed E-state index contributed by atoms with van der Waals surface area (Å²) in [6.07, 6.45) is 0. The largest absolute Gasteiger partial charge is 0.361 e. The van der Waals surface area contributed by atoms with Gasteiger partial charge in [-0.2, -0.15) is 0 Å². The van der Waals surface area contributed by atoms with E-state index in [2.05, 4.69) is 10.3 Å². The summed E-state index contributed by atoms with van der Waals surface area (Å²) < 4.78 is 33.9. The molecule has 0 N–H and O–H groups in total. The van der Waals surface area contributed by atoms with Gasteiger partial charge < -0.3 is 9.05 Å². The van der Waals surface area contributed by atoms with Crippen molar-refractivity contribution in [2.75, 3.05) is 0 Å². The molecule has 0 aliphatic rings. The van der Waals surface area contributed by atoms with Crippen LogP contribution in [0.3, 0.4) is 0 Å². The number of nitrogens with zero attached hydrogens (tertiary/aromatic N) is 2. The number of aryl methyl sites for hydroxylation is 3. The number of rotatable bonds is 4. The van der Waals surface area contributed by atoms with E-state index in [9.17, 15) is 8.42 Å². The first kappa shape index (κ1) is 12.8. The third kappa shape index (κ3) is 2.79. The number of sulfone groups is 1. The quantitative estimate of drug-likeness (QED) is 0.840. The van der Waals surface area contributed by atoms with Gasteiger partial charge in [-0.15, -0.1) is 0 Å². The normalized spacial score (nSPS) is 11.9. The molecule has 0 spiro atoms. The van der Waals surface area contributed by atoms with Crippen LogP contribution in [0, 0.1) is 20.8 Å². The second-order valence-corrected chi connectivity index (χ2v) is 6.33. The molecule has 2 rings (SSSR count). The van der Waals surface area contributed by atoms with Crippen LogP contribution >= 0.6 is 0 Å². The average Bonchev–Trinajstić information content (AvgIpc) is 2.78. The predicted molar refractivity (Wildman–Crippen MR) is 63.5 cm³/mol. The molecule has 0 radical (unpaired) electrons. The van der Waals surface area contributed by atoms with Crippen molar-refractivity contribution in [3.05, 3.63) is 34.5 Å². The smallest absolute Gasteiger partial charge is 0.160 e. The van der Waals surface area contributed by atoms with Crippen LogP contribution in [0.2, 0.25) is 0 Å². The van der Waals surface area contributed by atoms with Crippen LogP contribution in [0.5, 0.6) is 0 Å². The fourth-order valence-corrected chi connectivity index (χ4v) is 3.23. The molecule has 0 aromatic carbocycles. The zero-order valence-electron chi connectivity index (χ0n) is 10.4. The molecule has 2 aromatic heterocycles. The fraction of sp³-hybridized carbons (Fsp3) is 0.455. The van der Waals surface area contributed by atoms with E-state index in [-0.39, 0.29) is 11.5 Å². The van der Waals surface area contributed by atoms with Gasteiger partial charge in [-0.25, -0.2) is 8.42 Å². The molecule has 0 saturated heterocycles. The molecule has 6 nitrogen and oxygen atoms in total. The summed E-state index contributed by atoms with van der Waals surface area (Å²) in [7, 11) is -3.31. The van der Waals surface area contributed by atoms with Gasteiger partial charge >= 0.3 is 0 Å². The van der Waals surface area contributed by atoms with E-state index in [1.54, 1.807) is 26.8 Å². The minimum atomic E-state index is -3.31. The first-order valence-electron chi connectivity index (χ1n) is 5.42. The van der Waals surface area contributed by atoms with Crippen molar-refractivity contribution in [2.45, 2.75) is 32.3 Å². The summed E-state index contributed by atoms with van der Waals surface area (Å²) >= 11 is 0. The second kappa shape index (κ2) is 4.56. The van der Waals surface area contributed by atoms with Gasteiger partial charge in [0.2, 0.25) is 0 Å². The Bertz CT molecular complexity index is 635. The van der Waals surface area contributed by atoms with Gasteiger partial charge in [0, 0.05) is 11.6 Å². The highest BCUT2D eigenvalue weighted by molar-refractivity contribution is 7.89. The van der Waals surface area contributed by atoms with Crippen molar-refractivity contribution in [3.8, 4) is 0 Å². The summed E-state index contributed by atoms with van der Waals surface area (Å²) in [6, 6.07) is 1.62. The van der Waals surface area contributed by atoms with Gasteiger partial charge in [-0.1, -0.05) is 10.3 Å². The molecule has 98 valence electrons. The summed E-state index contributed by atoms with van der Waals surface area (Å²) in [6.45, 7) is 5.14. The molecular formula is C11H14N2O4S. The minimum Gasteiger partial charge on any atom is -0.361 e. The lowest BCUT2D eigenvalue weighted by atomic mass is 10.2. The Morgan fingerprint density at radius 3 is 2.33 bits per heavy atom. The van der Waals surface area contributed by atoms with Crippen molar-refractivity contribution in [1.82, 2.24) is 10.3 Å². The Labute approximate surface area is 105 Å². The van der Waals surface area contributed by atoms with Crippen molar-refractivity contribution < 1.29 is 17.5 Å². The third-order valence-corrected chi connectivity index (χ3v) is 4.05. The van der Waals surface area contributed by atoms with Crippen LogP contribution in [0.1, 0.15) is 28.5 Å². The van der Waals surface area contributed by atoms with Crippen LogP contribution in [0.25, 0.3) is 0 Å². The average molecular weight is 270 g/mol. The Balaban J connectivity index is 2.18. The standard InChI is InChI=1S/C11H14N2O4S/c1-7-4-10(13-16-7)5-18(14,15)6-11-8(2)12-17-9(11)3/h4H,5-6H2,1-3H3.